The molecule has 0 atom stereocenters. The Balaban J connectivity index is 2.76. The molecule has 0 spiro atoms. The van der Waals surface area contributed by atoms with E-state index in [0.29, 0.717) is 11.0 Å². The zero-order valence-corrected chi connectivity index (χ0v) is 6.97. The first kappa shape index (κ1) is 7.72. The molecule has 0 fully saturated rings. The molecule has 5 heteroatoms. The van der Waals surface area contributed by atoms with Gasteiger partial charge in [-0.15, -0.1) is 0 Å². The van der Waals surface area contributed by atoms with Crippen molar-refractivity contribution >= 4 is 11.0 Å². The number of aryl methyl sites for hydroxylation is 1. The van der Waals surface area contributed by atoms with Gasteiger partial charge in [0.2, 0.25) is 0 Å². The summed E-state index contributed by atoms with van der Waals surface area (Å²) in [5.74, 6) is 0. The molecular weight excluding hydrogens is 170 g/mol. The average molecular weight is 177 g/mol. The minimum Gasteiger partial charge on any atom is -0.234 e. The summed E-state index contributed by atoms with van der Waals surface area (Å²) in [6.45, 7) is 1.92. The van der Waals surface area contributed by atoms with Crippen molar-refractivity contribution in [2.45, 2.75) is 6.92 Å². The van der Waals surface area contributed by atoms with Gasteiger partial charge in [-0.3, -0.25) is 0 Å². The zero-order chi connectivity index (χ0) is 9.42. The van der Waals surface area contributed by atoms with Crippen LogP contribution in [0.15, 0.2) is 24.5 Å². The maximum Gasteiger partial charge on any atom is 0.171 e. The van der Waals surface area contributed by atoms with Gasteiger partial charge in [0.05, 0.1) is 5.52 Å². The SMILES string of the molecule is Cc1ccc2c(c1)ncn2[N+](=O)[O-]. The Labute approximate surface area is 73.7 Å². The summed E-state index contributed by atoms with van der Waals surface area (Å²) >= 11 is 0. The predicted molar refractivity (Wildman–Crippen MR) is 46.9 cm³/mol. The lowest BCUT2D eigenvalue weighted by molar-refractivity contribution is -0.538. The van der Waals surface area contributed by atoms with Gasteiger partial charge in [0.25, 0.3) is 0 Å². The molecule has 2 rings (SSSR count). The normalized spacial score (nSPS) is 10.5. The summed E-state index contributed by atoms with van der Waals surface area (Å²) < 4.78 is 0.911. The van der Waals surface area contributed by atoms with Crippen molar-refractivity contribution in [1.82, 2.24) is 9.66 Å². The zero-order valence-electron chi connectivity index (χ0n) is 6.97. The molecule has 0 N–H and O–H groups in total. The van der Waals surface area contributed by atoms with Crippen molar-refractivity contribution < 1.29 is 5.03 Å². The number of nitrogens with zero attached hydrogens (tertiary/aromatic N) is 3. The highest BCUT2D eigenvalue weighted by atomic mass is 16.7. The molecular formula is C8H7N3O2. The Morgan fingerprint density at radius 2 is 2.31 bits per heavy atom. The molecule has 0 aliphatic carbocycles. The number of nitro groups is 1. The minimum atomic E-state index is -0.495. The lowest BCUT2D eigenvalue weighted by Gasteiger charge is -1.92. The van der Waals surface area contributed by atoms with Crippen LogP contribution in [0.1, 0.15) is 5.56 Å². The number of benzene rings is 1. The number of hydrogen-bond acceptors (Lipinski definition) is 3. The molecule has 1 heterocycles. The number of fused-ring (bicyclic) bond motifs is 1. The monoisotopic (exact) mass is 177 g/mol. The van der Waals surface area contributed by atoms with E-state index >= 15 is 0 Å². The summed E-state index contributed by atoms with van der Waals surface area (Å²) in [5, 5.41) is 9.99. The fourth-order valence-corrected chi connectivity index (χ4v) is 1.24. The quantitative estimate of drug-likeness (QED) is 0.488. The van der Waals surface area contributed by atoms with Crippen molar-refractivity contribution in [3.8, 4) is 0 Å². The van der Waals surface area contributed by atoms with E-state index in [1.165, 1.54) is 6.33 Å². The second kappa shape index (κ2) is 2.55. The largest absolute Gasteiger partial charge is 0.234 e. The van der Waals surface area contributed by atoms with Crippen molar-refractivity contribution in [3.05, 3.63) is 40.2 Å². The van der Waals surface area contributed by atoms with Crippen LogP contribution in [0.3, 0.4) is 0 Å². The maximum absolute atomic E-state index is 10.5. The van der Waals surface area contributed by atoms with Gasteiger partial charge in [0.15, 0.2) is 11.4 Å². The molecule has 0 aliphatic rings. The summed E-state index contributed by atoms with van der Waals surface area (Å²) in [6.07, 6.45) is 1.21. The molecule has 5 nitrogen and oxygen atoms in total. The van der Waals surface area contributed by atoms with Crippen LogP contribution in [0.5, 0.6) is 0 Å². The van der Waals surface area contributed by atoms with Crippen molar-refractivity contribution in [1.29, 1.82) is 0 Å². The van der Waals surface area contributed by atoms with Gasteiger partial charge < -0.3 is 0 Å². The van der Waals surface area contributed by atoms with Crippen LogP contribution in [0.2, 0.25) is 0 Å². The molecule has 0 amide bonds. The van der Waals surface area contributed by atoms with Crippen LogP contribution in [0.4, 0.5) is 0 Å². The Hall–Kier alpha value is -1.91. The third-order valence-corrected chi connectivity index (χ3v) is 1.86. The van der Waals surface area contributed by atoms with Crippen LogP contribution in [0.25, 0.3) is 11.0 Å². The van der Waals surface area contributed by atoms with Crippen molar-refractivity contribution in [3.63, 3.8) is 0 Å². The molecule has 0 unspecified atom stereocenters. The standard InChI is InChI=1S/C8H7N3O2/c1-6-2-3-8-7(4-6)9-5-10(8)11(12)13/h2-5H,1H3. The summed E-state index contributed by atoms with van der Waals surface area (Å²) in [5.41, 5.74) is 2.22. The first-order valence-electron chi connectivity index (χ1n) is 3.77. The molecule has 1 aromatic carbocycles. The van der Waals surface area contributed by atoms with Crippen LogP contribution >= 0.6 is 0 Å². The fourth-order valence-electron chi connectivity index (χ4n) is 1.24. The van der Waals surface area contributed by atoms with E-state index in [1.807, 2.05) is 19.1 Å². The molecule has 66 valence electrons. The highest BCUT2D eigenvalue weighted by Gasteiger charge is 2.08. The Bertz CT molecular complexity index is 475. The van der Waals surface area contributed by atoms with Gasteiger partial charge >= 0.3 is 0 Å². The highest BCUT2D eigenvalue weighted by Crippen LogP contribution is 2.13. The van der Waals surface area contributed by atoms with Gasteiger partial charge in [-0.05, 0) is 24.6 Å². The summed E-state index contributed by atoms with van der Waals surface area (Å²) in [6, 6.07) is 5.33. The number of rotatable bonds is 1. The summed E-state index contributed by atoms with van der Waals surface area (Å²) in [4.78, 5) is 14.4. The predicted octanol–water partition coefficient (Wildman–Crippen LogP) is 1.38. The van der Waals surface area contributed by atoms with Gasteiger partial charge in [-0.1, -0.05) is 10.7 Å². The lowest BCUT2D eigenvalue weighted by atomic mass is 10.2. The van der Waals surface area contributed by atoms with Crippen molar-refractivity contribution in [2.24, 2.45) is 0 Å². The molecule has 13 heavy (non-hydrogen) atoms. The number of imidazole rings is 1. The summed E-state index contributed by atoms with van der Waals surface area (Å²) in [7, 11) is 0. The van der Waals surface area contributed by atoms with E-state index in [1.54, 1.807) is 6.07 Å². The Morgan fingerprint density at radius 1 is 1.54 bits per heavy atom. The van der Waals surface area contributed by atoms with Gasteiger partial charge in [0, 0.05) is 0 Å². The Kier molecular flexibility index (Phi) is 1.51. The molecule has 0 saturated heterocycles. The third-order valence-electron chi connectivity index (χ3n) is 1.86. The van der Waals surface area contributed by atoms with Crippen LogP contribution in [-0.2, 0) is 0 Å². The maximum atomic E-state index is 10.5. The van der Waals surface area contributed by atoms with Gasteiger partial charge in [0.1, 0.15) is 5.52 Å². The van der Waals surface area contributed by atoms with E-state index < -0.39 is 5.03 Å². The molecule has 0 aliphatic heterocycles. The van der Waals surface area contributed by atoms with E-state index in [0.717, 1.165) is 10.2 Å². The second-order valence-electron chi connectivity index (χ2n) is 2.82. The third kappa shape index (κ3) is 1.14. The molecule has 2 aromatic rings. The first-order valence-corrected chi connectivity index (χ1v) is 3.77. The van der Waals surface area contributed by atoms with Gasteiger partial charge in [-0.2, -0.15) is 0 Å². The average Bonchev–Trinajstić information content (AvgIpc) is 2.46. The number of aromatic nitrogens is 2. The Morgan fingerprint density at radius 3 is 3.00 bits per heavy atom. The molecule has 0 bridgehead atoms. The highest BCUT2D eigenvalue weighted by molar-refractivity contribution is 5.75. The van der Waals surface area contributed by atoms with Crippen LogP contribution in [0, 0.1) is 17.0 Å². The molecule has 0 saturated carbocycles. The van der Waals surface area contributed by atoms with Gasteiger partial charge in [-0.25, -0.2) is 15.1 Å². The lowest BCUT2D eigenvalue weighted by Crippen LogP contribution is -2.05. The topological polar surface area (TPSA) is 61.0 Å². The first-order chi connectivity index (χ1) is 6.18. The fraction of sp³-hybridized carbons (Fsp3) is 0.125. The second-order valence-corrected chi connectivity index (χ2v) is 2.82. The van der Waals surface area contributed by atoms with E-state index in [2.05, 4.69) is 4.98 Å². The van der Waals surface area contributed by atoms with Crippen LogP contribution < -0.4 is 0 Å². The van der Waals surface area contributed by atoms with Crippen LogP contribution in [-0.4, -0.2) is 14.7 Å². The van der Waals surface area contributed by atoms with E-state index in [4.69, 9.17) is 0 Å². The molecule has 0 radical (unpaired) electrons. The smallest absolute Gasteiger partial charge is 0.171 e. The molecule has 1 aromatic heterocycles. The van der Waals surface area contributed by atoms with E-state index in [-0.39, 0.29) is 0 Å². The van der Waals surface area contributed by atoms with Crippen molar-refractivity contribution in [2.75, 3.05) is 0 Å². The minimum absolute atomic E-state index is 0.495. The van der Waals surface area contributed by atoms with E-state index in [9.17, 15) is 10.1 Å². The number of hydrogen-bond donors (Lipinski definition) is 0.